The summed E-state index contributed by atoms with van der Waals surface area (Å²) in [6.07, 6.45) is 0. The lowest BCUT2D eigenvalue weighted by Gasteiger charge is -2.06. The Hall–Kier alpha value is -1.96. The van der Waals surface area contributed by atoms with Crippen LogP contribution in [0.5, 0.6) is 0 Å². The summed E-state index contributed by atoms with van der Waals surface area (Å²) in [5.74, 6) is -0.278. The maximum absolute atomic E-state index is 12.1. The van der Waals surface area contributed by atoms with Crippen LogP contribution in [-0.4, -0.2) is 10.8 Å². The van der Waals surface area contributed by atoms with Gasteiger partial charge in [0.25, 0.3) is 11.6 Å². The SMILES string of the molecule is Cc1sc(C(=O)NCc2ccc3c(c2)CNC3)cc1[N+](=O)[O-].Cl. The average molecular weight is 354 g/mol. The van der Waals surface area contributed by atoms with Gasteiger partial charge in [-0.25, -0.2) is 0 Å². The van der Waals surface area contributed by atoms with Crippen LogP contribution in [0, 0.1) is 17.0 Å². The molecule has 0 radical (unpaired) electrons. The molecule has 1 aliphatic rings. The van der Waals surface area contributed by atoms with Crippen LogP contribution in [0.15, 0.2) is 24.3 Å². The predicted octanol–water partition coefficient (Wildman–Crippen LogP) is 2.92. The number of rotatable bonds is 4. The van der Waals surface area contributed by atoms with Crippen LogP contribution in [0.2, 0.25) is 0 Å². The van der Waals surface area contributed by atoms with Crippen molar-refractivity contribution in [3.8, 4) is 0 Å². The molecule has 1 amide bonds. The van der Waals surface area contributed by atoms with Gasteiger partial charge < -0.3 is 10.6 Å². The smallest absolute Gasteiger partial charge is 0.283 e. The molecule has 23 heavy (non-hydrogen) atoms. The Balaban J connectivity index is 0.00000192. The Morgan fingerprint density at radius 2 is 2.09 bits per heavy atom. The molecule has 0 unspecified atom stereocenters. The number of nitrogens with one attached hydrogen (secondary N) is 2. The van der Waals surface area contributed by atoms with Gasteiger partial charge in [-0.3, -0.25) is 14.9 Å². The zero-order valence-corrected chi connectivity index (χ0v) is 14.1. The maximum atomic E-state index is 12.1. The minimum Gasteiger partial charge on any atom is -0.347 e. The largest absolute Gasteiger partial charge is 0.347 e. The second-order valence-electron chi connectivity index (χ2n) is 5.20. The number of thiophene rings is 1. The first-order valence-corrected chi connectivity index (χ1v) is 7.70. The van der Waals surface area contributed by atoms with Gasteiger partial charge in [-0.2, -0.15) is 0 Å². The zero-order chi connectivity index (χ0) is 15.7. The van der Waals surface area contributed by atoms with Crippen LogP contribution in [0.25, 0.3) is 0 Å². The minimum absolute atomic E-state index is 0. The number of fused-ring (bicyclic) bond motifs is 1. The summed E-state index contributed by atoms with van der Waals surface area (Å²) >= 11 is 1.14. The summed E-state index contributed by atoms with van der Waals surface area (Å²) < 4.78 is 0. The number of carbonyl (C=O) groups is 1. The van der Waals surface area contributed by atoms with Gasteiger partial charge in [0, 0.05) is 25.7 Å². The quantitative estimate of drug-likeness (QED) is 0.653. The number of nitrogens with zero attached hydrogens (tertiary/aromatic N) is 1. The molecule has 6 nitrogen and oxygen atoms in total. The fourth-order valence-corrected chi connectivity index (χ4v) is 3.40. The van der Waals surface area contributed by atoms with Crippen LogP contribution in [0.3, 0.4) is 0 Å². The molecule has 0 bridgehead atoms. The standard InChI is InChI=1S/C15H15N3O3S.ClH/c1-9-13(18(20)21)5-14(22-9)15(19)17-6-10-2-3-11-7-16-8-12(11)4-10;/h2-5,16H,6-8H2,1H3,(H,17,19);1H. The monoisotopic (exact) mass is 353 g/mol. The van der Waals surface area contributed by atoms with Crippen molar-refractivity contribution in [2.24, 2.45) is 0 Å². The molecule has 1 aromatic carbocycles. The number of hydrogen-bond acceptors (Lipinski definition) is 5. The molecule has 0 saturated heterocycles. The average Bonchev–Trinajstić information content (AvgIpc) is 3.10. The molecule has 0 saturated carbocycles. The molecular formula is C15H16ClN3O3S. The Kier molecular flexibility index (Phi) is 5.35. The van der Waals surface area contributed by atoms with E-state index in [2.05, 4.69) is 22.8 Å². The highest BCUT2D eigenvalue weighted by atomic mass is 35.5. The van der Waals surface area contributed by atoms with Gasteiger partial charge in [0.2, 0.25) is 0 Å². The van der Waals surface area contributed by atoms with Crippen molar-refractivity contribution in [3.05, 3.63) is 60.8 Å². The number of nitro groups is 1. The fraction of sp³-hybridized carbons (Fsp3) is 0.267. The maximum Gasteiger partial charge on any atom is 0.283 e. The van der Waals surface area contributed by atoms with E-state index >= 15 is 0 Å². The summed E-state index contributed by atoms with van der Waals surface area (Å²) in [6.45, 7) is 3.80. The number of aryl methyl sites for hydroxylation is 1. The minimum atomic E-state index is -0.462. The summed E-state index contributed by atoms with van der Waals surface area (Å²) in [7, 11) is 0. The number of benzene rings is 1. The highest BCUT2D eigenvalue weighted by molar-refractivity contribution is 7.14. The lowest BCUT2D eigenvalue weighted by atomic mass is 10.1. The topological polar surface area (TPSA) is 84.3 Å². The summed E-state index contributed by atoms with van der Waals surface area (Å²) in [4.78, 5) is 23.4. The van der Waals surface area contributed by atoms with E-state index in [1.807, 2.05) is 6.07 Å². The highest BCUT2D eigenvalue weighted by Crippen LogP contribution is 2.28. The molecular weight excluding hydrogens is 338 g/mol. The lowest BCUT2D eigenvalue weighted by molar-refractivity contribution is -0.385. The van der Waals surface area contributed by atoms with Crippen molar-refractivity contribution in [1.29, 1.82) is 0 Å². The van der Waals surface area contributed by atoms with Crippen molar-refractivity contribution in [2.75, 3.05) is 0 Å². The molecule has 0 spiro atoms. The molecule has 0 atom stereocenters. The van der Waals surface area contributed by atoms with E-state index in [-0.39, 0.29) is 24.0 Å². The van der Waals surface area contributed by atoms with Gasteiger partial charge in [0.05, 0.1) is 14.7 Å². The van der Waals surface area contributed by atoms with Crippen LogP contribution in [-0.2, 0) is 19.6 Å². The van der Waals surface area contributed by atoms with Crippen molar-refractivity contribution in [3.63, 3.8) is 0 Å². The van der Waals surface area contributed by atoms with E-state index in [9.17, 15) is 14.9 Å². The Labute approximate surface area is 143 Å². The van der Waals surface area contributed by atoms with Crippen molar-refractivity contribution in [2.45, 2.75) is 26.6 Å². The van der Waals surface area contributed by atoms with E-state index < -0.39 is 4.92 Å². The number of amides is 1. The highest BCUT2D eigenvalue weighted by Gasteiger charge is 2.19. The summed E-state index contributed by atoms with van der Waals surface area (Å²) in [5.41, 5.74) is 3.58. The van der Waals surface area contributed by atoms with Gasteiger partial charge in [-0.1, -0.05) is 18.2 Å². The molecule has 0 aliphatic carbocycles. The molecule has 1 aromatic heterocycles. The van der Waals surface area contributed by atoms with Gasteiger partial charge in [0.15, 0.2) is 0 Å². The normalized spacial score (nSPS) is 12.4. The molecule has 1 aliphatic heterocycles. The van der Waals surface area contributed by atoms with E-state index in [1.165, 1.54) is 17.2 Å². The van der Waals surface area contributed by atoms with Crippen LogP contribution < -0.4 is 10.6 Å². The molecule has 122 valence electrons. The summed E-state index contributed by atoms with van der Waals surface area (Å²) in [5, 5.41) is 16.9. The van der Waals surface area contributed by atoms with Crippen molar-refractivity contribution >= 4 is 35.3 Å². The first-order chi connectivity index (χ1) is 10.5. The van der Waals surface area contributed by atoms with Crippen molar-refractivity contribution < 1.29 is 9.72 Å². The fourth-order valence-electron chi connectivity index (χ4n) is 2.49. The number of carbonyl (C=O) groups excluding carboxylic acids is 1. The third kappa shape index (κ3) is 3.69. The summed E-state index contributed by atoms with van der Waals surface area (Å²) in [6, 6.07) is 7.48. The van der Waals surface area contributed by atoms with Crippen LogP contribution in [0.4, 0.5) is 5.69 Å². The van der Waals surface area contributed by atoms with Crippen molar-refractivity contribution in [1.82, 2.24) is 10.6 Å². The number of halogens is 1. The van der Waals surface area contributed by atoms with Gasteiger partial charge >= 0.3 is 0 Å². The third-order valence-electron chi connectivity index (χ3n) is 3.67. The van der Waals surface area contributed by atoms with E-state index in [0.717, 1.165) is 30.0 Å². The molecule has 0 fully saturated rings. The van der Waals surface area contributed by atoms with E-state index in [4.69, 9.17) is 0 Å². The molecule has 2 heterocycles. The third-order valence-corrected chi connectivity index (χ3v) is 4.71. The second kappa shape index (κ2) is 7.08. The molecule has 2 N–H and O–H groups in total. The second-order valence-corrected chi connectivity index (χ2v) is 6.45. The van der Waals surface area contributed by atoms with Gasteiger partial charge in [-0.15, -0.1) is 23.7 Å². The Bertz CT molecular complexity index is 760. The zero-order valence-electron chi connectivity index (χ0n) is 12.4. The van der Waals surface area contributed by atoms with Crippen LogP contribution >= 0.6 is 23.7 Å². The molecule has 2 aromatic rings. The van der Waals surface area contributed by atoms with Crippen LogP contribution in [0.1, 0.15) is 31.2 Å². The number of hydrogen-bond donors (Lipinski definition) is 2. The predicted molar refractivity (Wildman–Crippen MR) is 91.1 cm³/mol. The van der Waals surface area contributed by atoms with E-state index in [1.54, 1.807) is 6.92 Å². The first-order valence-electron chi connectivity index (χ1n) is 6.89. The Morgan fingerprint density at radius 1 is 1.35 bits per heavy atom. The molecule has 8 heteroatoms. The Morgan fingerprint density at radius 3 is 2.78 bits per heavy atom. The van der Waals surface area contributed by atoms with Gasteiger partial charge in [-0.05, 0) is 23.6 Å². The lowest BCUT2D eigenvalue weighted by Crippen LogP contribution is -2.21. The van der Waals surface area contributed by atoms with Gasteiger partial charge in [0.1, 0.15) is 0 Å². The first kappa shape index (κ1) is 17.4. The molecule has 3 rings (SSSR count). The van der Waals surface area contributed by atoms with E-state index in [0.29, 0.717) is 16.3 Å².